The van der Waals surface area contributed by atoms with Crippen molar-refractivity contribution in [2.75, 3.05) is 0 Å². The summed E-state index contributed by atoms with van der Waals surface area (Å²) in [6.45, 7) is 0.918. The van der Waals surface area contributed by atoms with E-state index < -0.39 is 0 Å². The molecule has 2 fully saturated rings. The number of aliphatic hydroxyl groups is 1. The second kappa shape index (κ2) is 7.23. The van der Waals surface area contributed by atoms with Crippen LogP contribution in [-0.4, -0.2) is 33.3 Å². The molecule has 0 aliphatic carbocycles. The van der Waals surface area contributed by atoms with E-state index in [4.69, 9.17) is 0 Å². The van der Waals surface area contributed by atoms with Gasteiger partial charge in [0.15, 0.2) is 0 Å². The van der Waals surface area contributed by atoms with Gasteiger partial charge >= 0.3 is 0 Å². The Morgan fingerprint density at radius 2 is 1.68 bits per heavy atom. The molecule has 0 spiro atoms. The van der Waals surface area contributed by atoms with E-state index in [2.05, 4.69) is 41.3 Å². The normalized spacial score (nSPS) is 25.1. The van der Waals surface area contributed by atoms with Crippen LogP contribution in [0.1, 0.15) is 37.7 Å². The highest BCUT2D eigenvalue weighted by Gasteiger charge is 2.37. The Balaban J connectivity index is 1.49. The van der Waals surface area contributed by atoms with E-state index in [0.29, 0.717) is 17.8 Å². The highest BCUT2D eigenvalue weighted by atomic mass is 16.3. The fraction of sp³-hybridized carbons (Fsp3) is 0.360. The molecule has 1 unspecified atom stereocenters. The van der Waals surface area contributed by atoms with Gasteiger partial charge in [-0.15, -0.1) is 0 Å². The quantitative estimate of drug-likeness (QED) is 0.672. The molecular weight excluding hydrogens is 346 g/mol. The van der Waals surface area contributed by atoms with Gasteiger partial charge in [0, 0.05) is 24.2 Å². The van der Waals surface area contributed by atoms with Crippen molar-refractivity contribution >= 4 is 10.8 Å². The number of fused-ring (bicyclic) bond motifs is 3. The van der Waals surface area contributed by atoms with Crippen LogP contribution in [0.25, 0.3) is 21.9 Å². The first-order valence-corrected chi connectivity index (χ1v) is 10.4. The van der Waals surface area contributed by atoms with E-state index in [9.17, 15) is 10.2 Å². The highest BCUT2D eigenvalue weighted by Crippen LogP contribution is 2.38. The number of aromatic hydroxyl groups is 1. The Bertz CT molecular complexity index is 985. The third-order valence-corrected chi connectivity index (χ3v) is 6.59. The molecule has 3 atom stereocenters. The largest absolute Gasteiger partial charge is 0.507 e. The van der Waals surface area contributed by atoms with E-state index in [1.807, 2.05) is 18.2 Å². The van der Waals surface area contributed by atoms with Crippen molar-refractivity contribution < 1.29 is 10.2 Å². The van der Waals surface area contributed by atoms with Gasteiger partial charge in [-0.25, -0.2) is 0 Å². The Morgan fingerprint density at radius 3 is 2.50 bits per heavy atom. The van der Waals surface area contributed by atoms with Gasteiger partial charge in [0.2, 0.25) is 0 Å². The summed E-state index contributed by atoms with van der Waals surface area (Å²) in [6.07, 6.45) is 5.34. The van der Waals surface area contributed by atoms with E-state index in [1.54, 1.807) is 6.07 Å². The van der Waals surface area contributed by atoms with Crippen molar-refractivity contribution in [2.24, 2.45) is 0 Å². The molecule has 2 N–H and O–H groups in total. The lowest BCUT2D eigenvalue weighted by atomic mass is 9.82. The topological polar surface area (TPSA) is 43.7 Å². The van der Waals surface area contributed by atoms with Gasteiger partial charge in [-0.3, -0.25) is 4.90 Å². The van der Waals surface area contributed by atoms with Crippen LogP contribution in [-0.2, 0) is 6.54 Å². The molecule has 3 aromatic rings. The van der Waals surface area contributed by atoms with E-state index in [0.717, 1.165) is 41.3 Å². The van der Waals surface area contributed by atoms with Crippen LogP contribution < -0.4 is 0 Å². The third kappa shape index (κ3) is 3.19. The van der Waals surface area contributed by atoms with Crippen molar-refractivity contribution in [1.29, 1.82) is 0 Å². The first-order chi connectivity index (χ1) is 13.7. The fourth-order valence-corrected chi connectivity index (χ4v) is 5.31. The van der Waals surface area contributed by atoms with E-state index in [1.165, 1.54) is 24.8 Å². The number of phenols is 1. The molecule has 3 aromatic carbocycles. The monoisotopic (exact) mass is 373 g/mol. The number of hydrogen-bond acceptors (Lipinski definition) is 3. The molecule has 144 valence electrons. The van der Waals surface area contributed by atoms with Gasteiger partial charge in [0.05, 0.1) is 6.10 Å². The third-order valence-electron chi connectivity index (χ3n) is 6.59. The highest BCUT2D eigenvalue weighted by molar-refractivity contribution is 5.99. The predicted octanol–water partition coefficient (Wildman–Crippen LogP) is 5.09. The van der Waals surface area contributed by atoms with Gasteiger partial charge in [0.25, 0.3) is 0 Å². The van der Waals surface area contributed by atoms with Gasteiger partial charge in [0.1, 0.15) is 5.75 Å². The second-order valence-corrected chi connectivity index (χ2v) is 8.42. The summed E-state index contributed by atoms with van der Waals surface area (Å²) < 4.78 is 0. The Morgan fingerprint density at radius 1 is 0.893 bits per heavy atom. The number of benzene rings is 3. The zero-order valence-corrected chi connectivity index (χ0v) is 16.1. The minimum atomic E-state index is -0.134. The average molecular weight is 373 g/mol. The van der Waals surface area contributed by atoms with Crippen molar-refractivity contribution in [3.05, 3.63) is 66.2 Å². The summed E-state index contributed by atoms with van der Waals surface area (Å²) in [6, 6.07) is 21.6. The lowest BCUT2D eigenvalue weighted by Gasteiger charge is -2.48. The lowest BCUT2D eigenvalue weighted by molar-refractivity contribution is -0.0312. The van der Waals surface area contributed by atoms with Crippen LogP contribution in [0.5, 0.6) is 5.75 Å². The van der Waals surface area contributed by atoms with Crippen molar-refractivity contribution in [2.45, 2.75) is 56.8 Å². The summed E-state index contributed by atoms with van der Waals surface area (Å²) in [5.41, 5.74) is 3.25. The van der Waals surface area contributed by atoms with Gasteiger partial charge in [-0.1, -0.05) is 55.0 Å². The summed E-state index contributed by atoms with van der Waals surface area (Å²) in [4.78, 5) is 2.61. The van der Waals surface area contributed by atoms with Crippen LogP contribution >= 0.6 is 0 Å². The molecule has 2 aliphatic rings. The molecule has 5 rings (SSSR count). The average Bonchev–Trinajstić information content (AvgIpc) is 2.69. The first kappa shape index (κ1) is 17.7. The van der Waals surface area contributed by atoms with E-state index >= 15 is 0 Å². The number of rotatable bonds is 3. The summed E-state index contributed by atoms with van der Waals surface area (Å²) in [7, 11) is 0. The summed E-state index contributed by atoms with van der Waals surface area (Å²) >= 11 is 0. The number of aliphatic hydroxyl groups excluding tert-OH is 1. The Kier molecular flexibility index (Phi) is 4.58. The predicted molar refractivity (Wildman–Crippen MR) is 113 cm³/mol. The maximum absolute atomic E-state index is 10.6. The SMILES string of the molecule is Oc1ccc2ccccc2c1-c1cccc(CN2[C@@H]3CCC[C@H]2CC(O)C3)c1. The van der Waals surface area contributed by atoms with Crippen LogP contribution in [0.3, 0.4) is 0 Å². The van der Waals surface area contributed by atoms with Gasteiger partial charge in [-0.05, 0) is 59.7 Å². The molecule has 0 aromatic heterocycles. The molecule has 0 amide bonds. The first-order valence-electron chi connectivity index (χ1n) is 10.4. The summed E-state index contributed by atoms with van der Waals surface area (Å²) in [5, 5.41) is 23.0. The van der Waals surface area contributed by atoms with Crippen LogP contribution in [0, 0.1) is 0 Å². The Labute approximate surface area is 166 Å². The van der Waals surface area contributed by atoms with Gasteiger partial charge < -0.3 is 10.2 Å². The molecule has 2 bridgehead atoms. The molecule has 0 radical (unpaired) electrons. The molecule has 2 heterocycles. The second-order valence-electron chi connectivity index (χ2n) is 8.42. The number of piperidine rings is 2. The van der Waals surface area contributed by atoms with Crippen molar-refractivity contribution in [3.63, 3.8) is 0 Å². The van der Waals surface area contributed by atoms with Crippen molar-refractivity contribution in [1.82, 2.24) is 4.90 Å². The van der Waals surface area contributed by atoms with E-state index in [-0.39, 0.29) is 6.10 Å². The van der Waals surface area contributed by atoms with Crippen molar-refractivity contribution in [3.8, 4) is 16.9 Å². The van der Waals surface area contributed by atoms with Crippen LogP contribution in [0.2, 0.25) is 0 Å². The molecule has 3 heteroatoms. The maximum Gasteiger partial charge on any atom is 0.124 e. The number of hydrogen-bond donors (Lipinski definition) is 2. The minimum Gasteiger partial charge on any atom is -0.507 e. The standard InChI is InChI=1S/C25H27NO2/c27-22-14-20-8-4-9-21(15-22)26(20)16-17-5-3-7-19(13-17)25-23-10-2-1-6-18(23)11-12-24(25)28/h1-3,5-7,10-13,20-22,27-28H,4,8-9,14-16H2/t20-,21+,22?. The number of nitrogens with zero attached hydrogens (tertiary/aromatic N) is 1. The van der Waals surface area contributed by atoms with Gasteiger partial charge in [-0.2, -0.15) is 0 Å². The van der Waals surface area contributed by atoms with Crippen LogP contribution in [0.4, 0.5) is 0 Å². The Hall–Kier alpha value is -2.36. The maximum atomic E-state index is 10.6. The molecule has 2 aliphatic heterocycles. The van der Waals surface area contributed by atoms with Crippen LogP contribution in [0.15, 0.2) is 60.7 Å². The zero-order chi connectivity index (χ0) is 19.1. The molecule has 28 heavy (non-hydrogen) atoms. The minimum absolute atomic E-state index is 0.134. The number of phenolic OH excluding ortho intramolecular Hbond substituents is 1. The smallest absolute Gasteiger partial charge is 0.124 e. The molecular formula is C25H27NO2. The zero-order valence-electron chi connectivity index (χ0n) is 16.1. The molecule has 2 saturated heterocycles. The lowest BCUT2D eigenvalue weighted by Crippen LogP contribution is -2.52. The molecule has 3 nitrogen and oxygen atoms in total. The fourth-order valence-electron chi connectivity index (χ4n) is 5.31. The molecule has 0 saturated carbocycles. The summed E-state index contributed by atoms with van der Waals surface area (Å²) in [5.74, 6) is 0.328.